The number of hydrazine groups is 1. The van der Waals surface area contributed by atoms with Crippen molar-refractivity contribution < 1.29 is 0 Å². The van der Waals surface area contributed by atoms with E-state index in [4.69, 9.17) is 5.84 Å². The van der Waals surface area contributed by atoms with Crippen LogP contribution in [-0.4, -0.2) is 9.55 Å². The van der Waals surface area contributed by atoms with E-state index in [0.717, 1.165) is 18.7 Å². The van der Waals surface area contributed by atoms with Crippen LogP contribution >= 0.6 is 11.3 Å². The molecule has 0 amide bonds. The topological polar surface area (TPSA) is 55.9 Å². The molecule has 0 bridgehead atoms. The van der Waals surface area contributed by atoms with Crippen molar-refractivity contribution in [1.82, 2.24) is 15.0 Å². The van der Waals surface area contributed by atoms with Crippen molar-refractivity contribution in [2.24, 2.45) is 12.9 Å². The van der Waals surface area contributed by atoms with Gasteiger partial charge in [0, 0.05) is 35.6 Å². The maximum absolute atomic E-state index is 5.80. The number of rotatable bonds is 5. The first-order valence-electron chi connectivity index (χ1n) is 7.81. The van der Waals surface area contributed by atoms with Crippen LogP contribution < -0.4 is 11.3 Å². The summed E-state index contributed by atoms with van der Waals surface area (Å²) in [5, 5.41) is 0. The second kappa shape index (κ2) is 6.73. The van der Waals surface area contributed by atoms with Gasteiger partial charge in [0.2, 0.25) is 0 Å². The summed E-state index contributed by atoms with van der Waals surface area (Å²) in [6.07, 6.45) is 12.3. The summed E-state index contributed by atoms with van der Waals surface area (Å²) in [7, 11) is 2.04. The summed E-state index contributed by atoms with van der Waals surface area (Å²) >= 11 is 1.95. The Labute approximate surface area is 130 Å². The lowest BCUT2D eigenvalue weighted by Crippen LogP contribution is -2.28. The molecule has 1 unspecified atom stereocenters. The molecule has 0 radical (unpaired) electrons. The largest absolute Gasteiger partial charge is 0.338 e. The van der Waals surface area contributed by atoms with Crippen LogP contribution in [0.25, 0.3) is 0 Å². The van der Waals surface area contributed by atoms with Crippen molar-refractivity contribution in [2.45, 2.75) is 51.0 Å². The summed E-state index contributed by atoms with van der Waals surface area (Å²) in [5.41, 5.74) is 4.56. The highest BCUT2D eigenvalue weighted by atomic mass is 32.1. The maximum atomic E-state index is 5.80. The van der Waals surface area contributed by atoms with E-state index in [0.29, 0.717) is 0 Å². The molecule has 0 saturated carbocycles. The Hall–Kier alpha value is -1.17. The van der Waals surface area contributed by atoms with Crippen molar-refractivity contribution in [2.75, 3.05) is 0 Å². The Morgan fingerprint density at radius 3 is 3.00 bits per heavy atom. The average Bonchev–Trinajstić information content (AvgIpc) is 3.01. The maximum Gasteiger partial charge on any atom is 0.108 e. The number of fused-ring (bicyclic) bond motifs is 1. The summed E-state index contributed by atoms with van der Waals surface area (Å²) in [5.74, 6) is 6.92. The Balaban J connectivity index is 1.70. The minimum Gasteiger partial charge on any atom is -0.338 e. The molecular weight excluding hydrogens is 280 g/mol. The predicted octanol–water partition coefficient (Wildman–Crippen LogP) is 2.89. The molecule has 114 valence electrons. The summed E-state index contributed by atoms with van der Waals surface area (Å²) in [4.78, 5) is 7.36. The van der Waals surface area contributed by atoms with Gasteiger partial charge in [0.25, 0.3) is 0 Å². The van der Waals surface area contributed by atoms with E-state index in [2.05, 4.69) is 21.0 Å². The highest BCUT2D eigenvalue weighted by Crippen LogP contribution is 2.33. The molecule has 2 aromatic rings. The molecule has 1 aliphatic carbocycles. The first-order valence-corrected chi connectivity index (χ1v) is 8.63. The zero-order valence-corrected chi connectivity index (χ0v) is 13.5. The lowest BCUT2D eigenvalue weighted by molar-refractivity contribution is 0.513. The van der Waals surface area contributed by atoms with Crippen molar-refractivity contribution in [3.05, 3.63) is 39.6 Å². The van der Waals surface area contributed by atoms with Gasteiger partial charge in [-0.3, -0.25) is 11.3 Å². The lowest BCUT2D eigenvalue weighted by Gasteiger charge is -2.14. The standard InChI is InChI=1S/C16H24N4S/c1-20-10-9-18-16(20)8-7-13(19-17)15-11-12-5-3-2-4-6-14(12)21-15/h9-11,13,19H,2-8,17H2,1H3. The summed E-state index contributed by atoms with van der Waals surface area (Å²) in [6.45, 7) is 0. The molecule has 0 saturated heterocycles. The fourth-order valence-corrected chi connectivity index (χ4v) is 4.43. The van der Waals surface area contributed by atoms with Crippen LogP contribution in [0.4, 0.5) is 0 Å². The van der Waals surface area contributed by atoms with Crippen LogP contribution in [0.15, 0.2) is 18.5 Å². The highest BCUT2D eigenvalue weighted by Gasteiger charge is 2.18. The molecule has 0 fully saturated rings. The van der Waals surface area contributed by atoms with E-state index in [1.54, 1.807) is 10.4 Å². The molecule has 3 rings (SSSR count). The van der Waals surface area contributed by atoms with Crippen LogP contribution in [0.2, 0.25) is 0 Å². The number of hydrogen-bond acceptors (Lipinski definition) is 4. The van der Waals surface area contributed by atoms with Gasteiger partial charge in [-0.1, -0.05) is 6.42 Å². The van der Waals surface area contributed by atoms with Gasteiger partial charge in [0.05, 0.1) is 6.04 Å². The van der Waals surface area contributed by atoms with E-state index in [1.807, 2.05) is 30.8 Å². The van der Waals surface area contributed by atoms with Crippen LogP contribution in [0.3, 0.4) is 0 Å². The number of aromatic nitrogens is 2. The molecule has 5 heteroatoms. The fraction of sp³-hybridized carbons (Fsp3) is 0.562. The molecule has 0 aromatic carbocycles. The third-order valence-corrected chi connectivity index (χ3v) is 5.74. The SMILES string of the molecule is Cn1ccnc1CCC(NN)c1cc2c(s1)CCCCC2. The number of aryl methyl sites for hydroxylation is 4. The predicted molar refractivity (Wildman–Crippen MR) is 87.2 cm³/mol. The monoisotopic (exact) mass is 304 g/mol. The van der Waals surface area contributed by atoms with E-state index in [-0.39, 0.29) is 6.04 Å². The number of nitrogens with one attached hydrogen (secondary N) is 1. The van der Waals surface area contributed by atoms with Gasteiger partial charge in [-0.15, -0.1) is 11.3 Å². The number of thiophene rings is 1. The van der Waals surface area contributed by atoms with Gasteiger partial charge in [-0.25, -0.2) is 4.98 Å². The Bertz CT molecular complexity index is 563. The molecule has 0 aliphatic heterocycles. The van der Waals surface area contributed by atoms with Crippen LogP contribution in [-0.2, 0) is 26.3 Å². The Kier molecular flexibility index (Phi) is 4.73. The second-order valence-electron chi connectivity index (χ2n) is 5.87. The van der Waals surface area contributed by atoms with E-state index < -0.39 is 0 Å². The van der Waals surface area contributed by atoms with Gasteiger partial charge in [0.1, 0.15) is 5.82 Å². The Morgan fingerprint density at radius 2 is 2.24 bits per heavy atom. The number of hydrogen-bond donors (Lipinski definition) is 2. The molecule has 3 N–H and O–H groups in total. The third-order valence-electron chi connectivity index (χ3n) is 4.39. The van der Waals surface area contributed by atoms with Crippen LogP contribution in [0, 0.1) is 0 Å². The molecule has 4 nitrogen and oxygen atoms in total. The minimum absolute atomic E-state index is 0.235. The number of nitrogens with zero attached hydrogens (tertiary/aromatic N) is 2. The quantitative estimate of drug-likeness (QED) is 0.507. The van der Waals surface area contributed by atoms with Gasteiger partial charge >= 0.3 is 0 Å². The lowest BCUT2D eigenvalue weighted by atomic mass is 10.1. The van der Waals surface area contributed by atoms with E-state index in [1.165, 1.54) is 37.0 Å². The number of nitrogens with two attached hydrogens (primary N) is 1. The molecular formula is C16H24N4S. The summed E-state index contributed by atoms with van der Waals surface area (Å²) < 4.78 is 2.08. The fourth-order valence-electron chi connectivity index (χ4n) is 3.08. The van der Waals surface area contributed by atoms with Crippen LogP contribution in [0.5, 0.6) is 0 Å². The van der Waals surface area contributed by atoms with E-state index in [9.17, 15) is 0 Å². The van der Waals surface area contributed by atoms with Gasteiger partial charge in [-0.05, 0) is 43.7 Å². The molecule has 2 aromatic heterocycles. The van der Waals surface area contributed by atoms with Gasteiger partial charge in [-0.2, -0.15) is 0 Å². The zero-order chi connectivity index (χ0) is 14.7. The normalized spacial score (nSPS) is 16.5. The van der Waals surface area contributed by atoms with Crippen molar-refractivity contribution >= 4 is 11.3 Å². The van der Waals surface area contributed by atoms with Gasteiger partial charge < -0.3 is 4.57 Å². The number of imidazole rings is 1. The molecule has 2 heterocycles. The highest BCUT2D eigenvalue weighted by molar-refractivity contribution is 7.12. The average molecular weight is 304 g/mol. The van der Waals surface area contributed by atoms with E-state index >= 15 is 0 Å². The smallest absolute Gasteiger partial charge is 0.108 e. The minimum atomic E-state index is 0.235. The van der Waals surface area contributed by atoms with Gasteiger partial charge in [0.15, 0.2) is 0 Å². The first kappa shape index (κ1) is 14.8. The Morgan fingerprint density at radius 1 is 1.38 bits per heavy atom. The second-order valence-corrected chi connectivity index (χ2v) is 7.04. The van der Waals surface area contributed by atoms with Crippen LogP contribution in [0.1, 0.15) is 52.9 Å². The molecule has 21 heavy (non-hydrogen) atoms. The third kappa shape index (κ3) is 3.36. The van der Waals surface area contributed by atoms with Crippen molar-refractivity contribution in [3.63, 3.8) is 0 Å². The molecule has 0 spiro atoms. The zero-order valence-electron chi connectivity index (χ0n) is 12.6. The first-order chi connectivity index (χ1) is 10.3. The van der Waals surface area contributed by atoms with Crippen molar-refractivity contribution in [3.8, 4) is 0 Å². The summed E-state index contributed by atoms with van der Waals surface area (Å²) in [6, 6.07) is 2.62. The molecule has 1 aliphatic rings. The molecule has 1 atom stereocenters. The van der Waals surface area contributed by atoms with Crippen molar-refractivity contribution in [1.29, 1.82) is 0 Å².